The maximum Gasteiger partial charge on any atom is 0.255 e. The van der Waals surface area contributed by atoms with E-state index in [1.165, 1.54) is 24.3 Å². The van der Waals surface area contributed by atoms with Gasteiger partial charge < -0.3 is 10.6 Å². The summed E-state index contributed by atoms with van der Waals surface area (Å²) in [5.41, 5.74) is 0.998. The summed E-state index contributed by atoms with van der Waals surface area (Å²) in [5, 5.41) is 5.92. The topological polar surface area (TPSA) is 54.0 Å². The van der Waals surface area contributed by atoms with Gasteiger partial charge in [-0.25, -0.2) is 9.37 Å². The van der Waals surface area contributed by atoms with E-state index in [4.69, 9.17) is 0 Å². The first kappa shape index (κ1) is 15.0. The van der Waals surface area contributed by atoms with Crippen LogP contribution in [0.1, 0.15) is 24.2 Å². The first-order valence-corrected chi connectivity index (χ1v) is 6.81. The minimum absolute atomic E-state index is 0.292. The molecule has 0 fully saturated rings. The predicted molar refractivity (Wildman–Crippen MR) is 81.9 cm³/mol. The Morgan fingerprint density at radius 2 is 1.90 bits per heavy atom. The van der Waals surface area contributed by atoms with Gasteiger partial charge in [0.1, 0.15) is 11.6 Å². The zero-order chi connectivity index (χ0) is 15.2. The van der Waals surface area contributed by atoms with Crippen molar-refractivity contribution < 1.29 is 9.18 Å². The van der Waals surface area contributed by atoms with Crippen LogP contribution in [0.2, 0.25) is 0 Å². The number of halogens is 1. The highest BCUT2D eigenvalue weighted by molar-refractivity contribution is 6.04. The molecule has 0 aliphatic carbocycles. The largest absolute Gasteiger partial charge is 0.370 e. The summed E-state index contributed by atoms with van der Waals surface area (Å²) in [7, 11) is 0. The lowest BCUT2D eigenvalue weighted by atomic mass is 10.2. The number of hydrogen-bond acceptors (Lipinski definition) is 3. The number of benzene rings is 1. The highest BCUT2D eigenvalue weighted by atomic mass is 19.1. The molecule has 0 aliphatic rings. The third-order valence-corrected chi connectivity index (χ3v) is 2.82. The Balaban J connectivity index is 1.96. The number of carbonyl (C=O) groups is 1. The van der Waals surface area contributed by atoms with Crippen LogP contribution in [0, 0.1) is 11.7 Å². The van der Waals surface area contributed by atoms with Gasteiger partial charge in [0, 0.05) is 12.1 Å². The molecule has 2 rings (SSSR count). The van der Waals surface area contributed by atoms with Gasteiger partial charge in [0.05, 0.1) is 11.9 Å². The standard InChI is InChI=1S/C16H18FN3O/c1-11(2)9-18-15-8-7-14(10-19-15)20-16(21)12-3-5-13(17)6-4-12/h3-8,10-11H,9H2,1-2H3,(H,18,19)(H,20,21). The zero-order valence-electron chi connectivity index (χ0n) is 12.1. The number of anilines is 2. The third-order valence-electron chi connectivity index (χ3n) is 2.82. The minimum atomic E-state index is -0.367. The second-order valence-corrected chi connectivity index (χ2v) is 5.17. The number of amides is 1. The summed E-state index contributed by atoms with van der Waals surface area (Å²) >= 11 is 0. The van der Waals surface area contributed by atoms with Crippen molar-refractivity contribution in [2.75, 3.05) is 17.2 Å². The molecule has 1 aromatic carbocycles. The van der Waals surface area contributed by atoms with Gasteiger partial charge in [-0.05, 0) is 42.3 Å². The average molecular weight is 287 g/mol. The summed E-state index contributed by atoms with van der Waals surface area (Å²) in [6, 6.07) is 8.98. The SMILES string of the molecule is CC(C)CNc1ccc(NC(=O)c2ccc(F)cc2)cn1. The molecule has 0 bridgehead atoms. The number of hydrogen-bond donors (Lipinski definition) is 2. The molecular formula is C16H18FN3O. The van der Waals surface area contributed by atoms with E-state index < -0.39 is 0 Å². The minimum Gasteiger partial charge on any atom is -0.370 e. The molecule has 0 spiro atoms. The van der Waals surface area contributed by atoms with E-state index in [1.54, 1.807) is 12.3 Å². The Labute approximate surface area is 123 Å². The molecule has 21 heavy (non-hydrogen) atoms. The highest BCUT2D eigenvalue weighted by Crippen LogP contribution is 2.12. The lowest BCUT2D eigenvalue weighted by Gasteiger charge is -2.09. The molecule has 0 aliphatic heterocycles. The van der Waals surface area contributed by atoms with Crippen LogP contribution in [-0.2, 0) is 0 Å². The first-order valence-electron chi connectivity index (χ1n) is 6.81. The summed E-state index contributed by atoms with van der Waals surface area (Å²) in [6.07, 6.45) is 1.59. The Bertz CT molecular complexity index is 594. The quantitative estimate of drug-likeness (QED) is 0.884. The van der Waals surface area contributed by atoms with Gasteiger partial charge in [0.15, 0.2) is 0 Å². The van der Waals surface area contributed by atoms with Crippen LogP contribution in [0.3, 0.4) is 0 Å². The molecular weight excluding hydrogens is 269 g/mol. The van der Waals surface area contributed by atoms with Crippen molar-refractivity contribution in [1.29, 1.82) is 0 Å². The number of pyridine rings is 1. The van der Waals surface area contributed by atoms with Crippen LogP contribution in [0.5, 0.6) is 0 Å². The van der Waals surface area contributed by atoms with E-state index in [-0.39, 0.29) is 11.7 Å². The fraction of sp³-hybridized carbons (Fsp3) is 0.250. The highest BCUT2D eigenvalue weighted by Gasteiger charge is 2.06. The molecule has 0 saturated heterocycles. The summed E-state index contributed by atoms with van der Waals surface area (Å²) < 4.78 is 12.8. The molecule has 1 heterocycles. The fourth-order valence-electron chi connectivity index (χ4n) is 1.69. The van der Waals surface area contributed by atoms with Gasteiger partial charge in [-0.1, -0.05) is 13.8 Å². The van der Waals surface area contributed by atoms with Gasteiger partial charge in [-0.2, -0.15) is 0 Å². The van der Waals surface area contributed by atoms with Gasteiger partial charge in [0.25, 0.3) is 5.91 Å². The van der Waals surface area contributed by atoms with Crippen LogP contribution >= 0.6 is 0 Å². The maximum absolute atomic E-state index is 12.8. The molecule has 1 aromatic heterocycles. The van der Waals surface area contributed by atoms with Crippen molar-refractivity contribution in [3.05, 3.63) is 54.0 Å². The van der Waals surface area contributed by atoms with Crippen LogP contribution in [0.25, 0.3) is 0 Å². The molecule has 4 nitrogen and oxygen atoms in total. The van der Waals surface area contributed by atoms with Crippen molar-refractivity contribution >= 4 is 17.4 Å². The van der Waals surface area contributed by atoms with E-state index in [9.17, 15) is 9.18 Å². The number of nitrogens with one attached hydrogen (secondary N) is 2. The summed E-state index contributed by atoms with van der Waals surface area (Å²) in [6.45, 7) is 5.07. The number of aromatic nitrogens is 1. The molecule has 0 saturated carbocycles. The molecule has 2 aromatic rings. The van der Waals surface area contributed by atoms with Crippen LogP contribution in [-0.4, -0.2) is 17.4 Å². The predicted octanol–water partition coefficient (Wildman–Crippen LogP) is 3.54. The Morgan fingerprint density at radius 3 is 2.48 bits per heavy atom. The second kappa shape index (κ2) is 6.83. The van der Waals surface area contributed by atoms with Gasteiger partial charge >= 0.3 is 0 Å². The van der Waals surface area contributed by atoms with E-state index >= 15 is 0 Å². The Morgan fingerprint density at radius 1 is 1.19 bits per heavy atom. The van der Waals surface area contributed by atoms with Crippen molar-refractivity contribution in [1.82, 2.24) is 4.98 Å². The molecule has 110 valence electrons. The van der Waals surface area contributed by atoms with Crippen LogP contribution in [0.15, 0.2) is 42.6 Å². The van der Waals surface area contributed by atoms with Crippen LogP contribution in [0.4, 0.5) is 15.9 Å². The third kappa shape index (κ3) is 4.56. The molecule has 5 heteroatoms. The smallest absolute Gasteiger partial charge is 0.255 e. The molecule has 2 N–H and O–H groups in total. The van der Waals surface area contributed by atoms with Crippen molar-refractivity contribution in [3.8, 4) is 0 Å². The van der Waals surface area contributed by atoms with Gasteiger partial charge in [-0.3, -0.25) is 4.79 Å². The summed E-state index contributed by atoms with van der Waals surface area (Å²) in [5.74, 6) is 0.640. The number of rotatable bonds is 5. The van der Waals surface area contributed by atoms with E-state index in [0.29, 0.717) is 17.2 Å². The van der Waals surface area contributed by atoms with Gasteiger partial charge in [-0.15, -0.1) is 0 Å². The fourth-order valence-corrected chi connectivity index (χ4v) is 1.69. The van der Waals surface area contributed by atoms with Crippen LogP contribution < -0.4 is 10.6 Å². The number of nitrogens with zero attached hydrogens (tertiary/aromatic N) is 1. The van der Waals surface area contributed by atoms with Gasteiger partial charge in [0.2, 0.25) is 0 Å². The average Bonchev–Trinajstić information content (AvgIpc) is 2.47. The molecule has 0 unspecified atom stereocenters. The second-order valence-electron chi connectivity index (χ2n) is 5.17. The summed E-state index contributed by atoms with van der Waals surface area (Å²) in [4.78, 5) is 16.2. The Hall–Kier alpha value is -2.43. The Kier molecular flexibility index (Phi) is 4.87. The molecule has 0 radical (unpaired) electrons. The molecule has 1 amide bonds. The normalized spacial score (nSPS) is 10.5. The molecule has 0 atom stereocenters. The van der Waals surface area contributed by atoms with Crippen molar-refractivity contribution in [2.24, 2.45) is 5.92 Å². The van der Waals surface area contributed by atoms with E-state index in [2.05, 4.69) is 29.5 Å². The lowest BCUT2D eigenvalue weighted by Crippen LogP contribution is -2.13. The monoisotopic (exact) mass is 287 g/mol. The van der Waals surface area contributed by atoms with E-state index in [0.717, 1.165) is 12.4 Å². The maximum atomic E-state index is 12.8. The first-order chi connectivity index (χ1) is 10.0. The number of carbonyl (C=O) groups excluding carboxylic acids is 1. The van der Waals surface area contributed by atoms with E-state index in [1.807, 2.05) is 6.07 Å². The zero-order valence-corrected chi connectivity index (χ0v) is 12.1. The lowest BCUT2D eigenvalue weighted by molar-refractivity contribution is 0.102. The van der Waals surface area contributed by atoms with Crippen molar-refractivity contribution in [2.45, 2.75) is 13.8 Å². The van der Waals surface area contributed by atoms with Crippen molar-refractivity contribution in [3.63, 3.8) is 0 Å².